The van der Waals surface area contributed by atoms with Gasteiger partial charge in [-0.25, -0.2) is 4.98 Å². The Morgan fingerprint density at radius 2 is 1.52 bits per heavy atom. The minimum atomic E-state index is 0.150. The molecule has 6 heteroatoms. The van der Waals surface area contributed by atoms with Crippen molar-refractivity contribution in [1.29, 1.82) is 0 Å². The molecule has 0 spiro atoms. The average molecular weight is 440 g/mol. The summed E-state index contributed by atoms with van der Waals surface area (Å²) < 4.78 is 0. The van der Waals surface area contributed by atoms with E-state index < -0.39 is 0 Å². The van der Waals surface area contributed by atoms with Gasteiger partial charge in [-0.3, -0.25) is 9.69 Å². The van der Waals surface area contributed by atoms with Crippen LogP contribution in [-0.2, 0) is 13.1 Å². The lowest BCUT2D eigenvalue weighted by Gasteiger charge is -2.48. The molecule has 0 radical (unpaired) electrons. The molecule has 33 heavy (non-hydrogen) atoms. The van der Waals surface area contributed by atoms with Crippen LogP contribution in [0.4, 0.5) is 11.5 Å². The third-order valence-corrected chi connectivity index (χ3v) is 7.25. The van der Waals surface area contributed by atoms with Gasteiger partial charge in [-0.15, -0.1) is 0 Å². The number of pyridine rings is 1. The molecule has 2 fully saturated rings. The summed E-state index contributed by atoms with van der Waals surface area (Å²) in [7, 11) is 0. The monoisotopic (exact) mass is 439 g/mol. The molecule has 0 saturated carbocycles. The molecule has 0 N–H and O–H groups in total. The van der Waals surface area contributed by atoms with Crippen molar-refractivity contribution in [2.75, 3.05) is 49.1 Å². The highest BCUT2D eigenvalue weighted by atomic mass is 16.2. The number of benzene rings is 2. The van der Waals surface area contributed by atoms with Gasteiger partial charge >= 0.3 is 0 Å². The maximum Gasteiger partial charge on any atom is 0.254 e. The summed E-state index contributed by atoms with van der Waals surface area (Å²) in [4.78, 5) is 26.8. The van der Waals surface area contributed by atoms with Crippen molar-refractivity contribution in [3.63, 3.8) is 0 Å². The van der Waals surface area contributed by atoms with Gasteiger partial charge in [-0.05, 0) is 41.5 Å². The molecule has 1 amide bonds. The first-order chi connectivity index (χ1) is 16.2. The highest BCUT2D eigenvalue weighted by Crippen LogP contribution is 2.29. The summed E-state index contributed by atoms with van der Waals surface area (Å²) in [6.07, 6.45) is 1.86. The highest BCUT2D eigenvalue weighted by Gasteiger charge is 2.36. The number of carbonyl (C=O) groups excluding carboxylic acids is 1. The van der Waals surface area contributed by atoms with Gasteiger partial charge in [-0.1, -0.05) is 36.4 Å². The average Bonchev–Trinajstić information content (AvgIpc) is 3.29. The number of carbonyl (C=O) groups is 1. The van der Waals surface area contributed by atoms with Crippen LogP contribution in [0.5, 0.6) is 0 Å². The molecule has 2 saturated heterocycles. The van der Waals surface area contributed by atoms with Gasteiger partial charge in [0.25, 0.3) is 5.91 Å². The van der Waals surface area contributed by atoms with Crippen molar-refractivity contribution in [2.45, 2.75) is 19.1 Å². The van der Waals surface area contributed by atoms with Crippen molar-refractivity contribution in [3.8, 4) is 0 Å². The molecule has 3 aliphatic rings. The summed E-state index contributed by atoms with van der Waals surface area (Å²) >= 11 is 0. The van der Waals surface area contributed by atoms with Gasteiger partial charge in [0.2, 0.25) is 0 Å². The van der Waals surface area contributed by atoms with Crippen LogP contribution in [-0.4, -0.2) is 66.0 Å². The number of nitrogens with zero attached hydrogens (tertiary/aromatic N) is 5. The van der Waals surface area contributed by atoms with Crippen molar-refractivity contribution in [2.24, 2.45) is 0 Å². The highest BCUT2D eigenvalue weighted by molar-refractivity contribution is 5.95. The fraction of sp³-hybridized carbons (Fsp3) is 0.333. The summed E-state index contributed by atoms with van der Waals surface area (Å²) in [6.45, 7) is 7.48. The first kappa shape index (κ1) is 20.2. The molecule has 0 aliphatic carbocycles. The number of piperazine rings is 1. The topological polar surface area (TPSA) is 42.9 Å². The van der Waals surface area contributed by atoms with E-state index in [1.54, 1.807) is 0 Å². The first-order valence-electron chi connectivity index (χ1n) is 11.9. The minimum absolute atomic E-state index is 0.150. The number of amides is 1. The second-order valence-electron chi connectivity index (χ2n) is 9.25. The standard InChI is InChI=1S/C27H29N5O/c33-27(21-8-5-9-24(16-21)31-17-22-6-1-2-7-23(22)18-31)32-19-25(20-32)29-12-14-30(15-13-29)26-10-3-4-11-28-26/h1-11,16,25H,12-15,17-20H2. The molecule has 6 rings (SSSR count). The number of fused-ring (bicyclic) bond motifs is 1. The Bertz CT molecular complexity index is 1110. The van der Waals surface area contributed by atoms with Crippen LogP contribution in [0, 0.1) is 0 Å². The Balaban J connectivity index is 1.04. The van der Waals surface area contributed by atoms with E-state index in [-0.39, 0.29) is 5.91 Å². The first-order valence-corrected chi connectivity index (χ1v) is 11.9. The molecule has 2 aromatic carbocycles. The second kappa shape index (κ2) is 8.52. The molecule has 6 nitrogen and oxygen atoms in total. The second-order valence-corrected chi connectivity index (χ2v) is 9.25. The van der Waals surface area contributed by atoms with Crippen LogP contribution in [0.3, 0.4) is 0 Å². The number of hydrogen-bond donors (Lipinski definition) is 0. The van der Waals surface area contributed by atoms with Crippen LogP contribution in [0.15, 0.2) is 72.9 Å². The van der Waals surface area contributed by atoms with E-state index in [9.17, 15) is 4.79 Å². The summed E-state index contributed by atoms with van der Waals surface area (Å²) in [6, 6.07) is 23.3. The van der Waals surface area contributed by atoms with Crippen LogP contribution in [0.2, 0.25) is 0 Å². The van der Waals surface area contributed by atoms with Crippen LogP contribution in [0.25, 0.3) is 0 Å². The lowest BCUT2D eigenvalue weighted by Crippen LogP contribution is -2.64. The van der Waals surface area contributed by atoms with E-state index in [1.807, 2.05) is 35.4 Å². The van der Waals surface area contributed by atoms with E-state index >= 15 is 0 Å². The molecule has 1 aromatic heterocycles. The lowest BCUT2D eigenvalue weighted by molar-refractivity contribution is 0.0246. The van der Waals surface area contributed by atoms with Gasteiger partial charge in [0, 0.05) is 75.8 Å². The van der Waals surface area contributed by atoms with Crippen molar-refractivity contribution >= 4 is 17.4 Å². The Kier molecular flexibility index (Phi) is 5.23. The maximum absolute atomic E-state index is 13.2. The van der Waals surface area contributed by atoms with Gasteiger partial charge in [0.1, 0.15) is 5.82 Å². The maximum atomic E-state index is 13.2. The van der Waals surface area contributed by atoms with E-state index in [2.05, 4.69) is 62.1 Å². The number of anilines is 2. The van der Waals surface area contributed by atoms with Gasteiger partial charge in [0.05, 0.1) is 0 Å². The summed E-state index contributed by atoms with van der Waals surface area (Å²) in [5, 5.41) is 0. The molecular weight excluding hydrogens is 410 g/mol. The number of aromatic nitrogens is 1. The Morgan fingerprint density at radius 1 is 0.788 bits per heavy atom. The van der Waals surface area contributed by atoms with Gasteiger partial charge in [-0.2, -0.15) is 0 Å². The zero-order chi connectivity index (χ0) is 22.2. The van der Waals surface area contributed by atoms with Gasteiger partial charge < -0.3 is 14.7 Å². The Labute approximate surface area is 195 Å². The fourth-order valence-corrected chi connectivity index (χ4v) is 5.24. The third-order valence-electron chi connectivity index (χ3n) is 7.25. The SMILES string of the molecule is O=C(c1cccc(N2Cc3ccccc3C2)c1)N1CC(N2CCN(c3ccccn3)CC2)C1. The molecule has 3 aliphatic heterocycles. The predicted molar refractivity (Wildman–Crippen MR) is 130 cm³/mol. The third kappa shape index (κ3) is 3.95. The number of hydrogen-bond acceptors (Lipinski definition) is 5. The van der Waals surface area contributed by atoms with Crippen molar-refractivity contribution < 1.29 is 4.79 Å². The zero-order valence-corrected chi connectivity index (χ0v) is 18.8. The van der Waals surface area contributed by atoms with E-state index in [0.29, 0.717) is 6.04 Å². The fourth-order valence-electron chi connectivity index (χ4n) is 5.24. The molecule has 0 unspecified atom stereocenters. The van der Waals surface area contributed by atoms with Crippen LogP contribution in [0.1, 0.15) is 21.5 Å². The Hall–Kier alpha value is -3.38. The predicted octanol–water partition coefficient (Wildman–Crippen LogP) is 3.25. The summed E-state index contributed by atoms with van der Waals surface area (Å²) in [5.41, 5.74) is 4.67. The van der Waals surface area contributed by atoms with Gasteiger partial charge in [0.15, 0.2) is 0 Å². The van der Waals surface area contributed by atoms with Crippen molar-refractivity contribution in [3.05, 3.63) is 89.6 Å². The van der Waals surface area contributed by atoms with Crippen LogP contribution < -0.4 is 9.80 Å². The zero-order valence-electron chi connectivity index (χ0n) is 18.8. The quantitative estimate of drug-likeness (QED) is 0.624. The molecule has 0 bridgehead atoms. The summed E-state index contributed by atoms with van der Waals surface area (Å²) in [5.74, 6) is 1.21. The molecular formula is C27H29N5O. The number of rotatable bonds is 4. The molecule has 0 atom stereocenters. The van der Waals surface area contributed by atoms with E-state index in [1.165, 1.54) is 11.1 Å². The Morgan fingerprint density at radius 3 is 2.21 bits per heavy atom. The van der Waals surface area contributed by atoms with E-state index in [0.717, 1.165) is 69.4 Å². The van der Waals surface area contributed by atoms with E-state index in [4.69, 9.17) is 0 Å². The largest absolute Gasteiger partial charge is 0.363 e. The smallest absolute Gasteiger partial charge is 0.254 e. The molecule has 168 valence electrons. The molecule has 4 heterocycles. The molecule has 3 aromatic rings. The minimum Gasteiger partial charge on any atom is -0.363 e. The normalized spacial score (nSPS) is 18.8. The lowest BCUT2D eigenvalue weighted by atomic mass is 10.0. The number of likely N-dealkylation sites (tertiary alicyclic amines) is 1. The van der Waals surface area contributed by atoms with Crippen LogP contribution >= 0.6 is 0 Å². The van der Waals surface area contributed by atoms with Crippen molar-refractivity contribution in [1.82, 2.24) is 14.8 Å².